The average molecular weight is 815 g/mol. The molecule has 0 spiro atoms. The van der Waals surface area contributed by atoms with Gasteiger partial charge in [-0.2, -0.15) is 0 Å². The summed E-state index contributed by atoms with van der Waals surface area (Å²) in [6.45, 7) is 9.52. The average Bonchev–Trinajstić information content (AvgIpc) is 3.71. The second kappa shape index (κ2) is 13.5. The molecule has 0 amide bonds. The highest BCUT2D eigenvalue weighted by atomic mass is 14.4. The van der Waals surface area contributed by atoms with Crippen molar-refractivity contribution in [2.45, 2.75) is 38.5 Å². The Morgan fingerprint density at radius 2 is 0.672 bits per heavy atom. The first kappa shape index (κ1) is 37.1. The fourth-order valence-corrected chi connectivity index (χ4v) is 11.6. The molecule has 0 heterocycles. The first-order valence-electron chi connectivity index (χ1n) is 22.7. The van der Waals surface area contributed by atoms with Crippen molar-refractivity contribution in [1.82, 2.24) is 0 Å². The first-order valence-corrected chi connectivity index (χ1v) is 22.7. The van der Waals surface area contributed by atoms with Crippen LogP contribution in [-0.2, 0) is 10.8 Å². The summed E-state index contributed by atoms with van der Waals surface area (Å²) in [5.74, 6) is 0. The maximum absolute atomic E-state index is 2.46. The summed E-state index contributed by atoms with van der Waals surface area (Å²) >= 11 is 0. The van der Waals surface area contributed by atoms with Gasteiger partial charge in [0.05, 0.1) is 0 Å². The highest BCUT2D eigenvalue weighted by Crippen LogP contribution is 2.53. The SMILES string of the molecule is CC1(C)c2ccccc2-c2ccc(-c3ccc4c(c3)C(C)(C)c3cc(-c5ccc6cc(-c7cccc(-c8cc9ccc%10ccccc%10c9c9ccccc89)c7)ccc6c5)ccc3-4)cc21. The molecule has 2 aliphatic rings. The van der Waals surface area contributed by atoms with Crippen molar-refractivity contribution in [3.8, 4) is 66.8 Å². The molecule has 0 radical (unpaired) electrons. The molecule has 0 fully saturated rings. The smallest absolute Gasteiger partial charge is 0.0159 e. The number of hydrogen-bond acceptors (Lipinski definition) is 0. The van der Waals surface area contributed by atoms with Crippen molar-refractivity contribution in [2.24, 2.45) is 0 Å². The molecule has 0 atom stereocenters. The Balaban J connectivity index is 0.811. The van der Waals surface area contributed by atoms with Crippen LogP contribution in [0.5, 0.6) is 0 Å². The van der Waals surface area contributed by atoms with Gasteiger partial charge in [0.2, 0.25) is 0 Å². The van der Waals surface area contributed by atoms with Crippen molar-refractivity contribution >= 4 is 43.1 Å². The molecule has 0 heteroatoms. The largest absolute Gasteiger partial charge is 0.0619 e. The molecule has 0 saturated heterocycles. The van der Waals surface area contributed by atoms with E-state index in [9.17, 15) is 0 Å². The molecule has 11 aromatic carbocycles. The second-order valence-electron chi connectivity index (χ2n) is 19.3. The van der Waals surface area contributed by atoms with Crippen molar-refractivity contribution < 1.29 is 0 Å². The monoisotopic (exact) mass is 814 g/mol. The molecule has 2 aliphatic carbocycles. The van der Waals surface area contributed by atoms with Crippen LogP contribution >= 0.6 is 0 Å². The Bertz CT molecular complexity index is 3780. The van der Waals surface area contributed by atoms with Crippen molar-refractivity contribution in [1.29, 1.82) is 0 Å². The lowest BCUT2D eigenvalue weighted by atomic mass is 9.80. The fraction of sp³-hybridized carbons (Fsp3) is 0.0938. The Labute approximate surface area is 375 Å². The van der Waals surface area contributed by atoms with E-state index < -0.39 is 0 Å². The number of fused-ring (bicyclic) bond motifs is 12. The minimum absolute atomic E-state index is 0.0204. The van der Waals surface area contributed by atoms with E-state index in [0.29, 0.717) is 0 Å². The van der Waals surface area contributed by atoms with Crippen LogP contribution in [0.15, 0.2) is 206 Å². The van der Waals surface area contributed by atoms with Crippen molar-refractivity contribution in [3.63, 3.8) is 0 Å². The van der Waals surface area contributed by atoms with Crippen molar-refractivity contribution in [3.05, 3.63) is 229 Å². The Hall–Kier alpha value is -7.54. The number of benzene rings is 11. The Morgan fingerprint density at radius 3 is 1.31 bits per heavy atom. The number of rotatable bonds is 4. The van der Waals surface area contributed by atoms with Crippen LogP contribution in [0, 0.1) is 0 Å². The van der Waals surface area contributed by atoms with E-state index in [1.165, 1.54) is 132 Å². The normalized spacial score (nSPS) is 14.2. The second-order valence-corrected chi connectivity index (χ2v) is 19.3. The quantitative estimate of drug-likeness (QED) is 0.155. The van der Waals surface area contributed by atoms with E-state index in [1.54, 1.807) is 0 Å². The summed E-state index contributed by atoms with van der Waals surface area (Å²) < 4.78 is 0. The standard InChI is InChI=1S/C64H46/c1-63(2)58-19-10-9-17-52(58)53-29-27-46(37-59(53)63)47-28-31-55-54-30-26-45(36-60(54)64(3,4)61(55)38-47)44-24-23-42-32-41(21-22-43(42)33-44)40-13-11-14-48(34-40)57-35-49-25-20-39-12-5-6-15-50(39)62(49)56-18-8-7-16-51(56)57/h5-38H,1-4H3. The van der Waals surface area contributed by atoms with Crippen LogP contribution in [0.25, 0.3) is 110 Å². The minimum Gasteiger partial charge on any atom is -0.0619 e. The molecule has 302 valence electrons. The van der Waals surface area contributed by atoms with Gasteiger partial charge in [0, 0.05) is 10.8 Å². The lowest BCUT2D eigenvalue weighted by Gasteiger charge is -2.23. The molecular weight excluding hydrogens is 769 g/mol. The van der Waals surface area contributed by atoms with Gasteiger partial charge in [-0.25, -0.2) is 0 Å². The van der Waals surface area contributed by atoms with Crippen molar-refractivity contribution in [2.75, 3.05) is 0 Å². The van der Waals surface area contributed by atoms with Gasteiger partial charge in [0.1, 0.15) is 0 Å². The van der Waals surface area contributed by atoms with E-state index >= 15 is 0 Å². The van der Waals surface area contributed by atoms with E-state index in [0.717, 1.165) is 0 Å². The molecule has 13 rings (SSSR count). The Morgan fingerprint density at radius 1 is 0.234 bits per heavy atom. The first-order chi connectivity index (χ1) is 31.2. The lowest BCUT2D eigenvalue weighted by molar-refractivity contribution is 0.659. The zero-order valence-corrected chi connectivity index (χ0v) is 36.6. The van der Waals surface area contributed by atoms with Crippen LogP contribution < -0.4 is 0 Å². The molecule has 64 heavy (non-hydrogen) atoms. The predicted octanol–water partition coefficient (Wildman–Crippen LogP) is 17.6. The molecule has 0 saturated carbocycles. The highest BCUT2D eigenvalue weighted by Gasteiger charge is 2.37. The van der Waals surface area contributed by atoms with Gasteiger partial charge in [0.15, 0.2) is 0 Å². The van der Waals surface area contributed by atoms with Crippen LogP contribution in [-0.4, -0.2) is 0 Å². The van der Waals surface area contributed by atoms with Gasteiger partial charge in [-0.1, -0.05) is 191 Å². The van der Waals surface area contributed by atoms with Gasteiger partial charge >= 0.3 is 0 Å². The van der Waals surface area contributed by atoms with E-state index in [-0.39, 0.29) is 10.8 Å². The van der Waals surface area contributed by atoms with Crippen LogP contribution in [0.1, 0.15) is 49.9 Å². The van der Waals surface area contributed by atoms with Crippen LogP contribution in [0.3, 0.4) is 0 Å². The van der Waals surface area contributed by atoms with Gasteiger partial charge in [-0.05, 0) is 175 Å². The Kier molecular flexibility index (Phi) is 7.80. The molecule has 0 nitrogen and oxygen atoms in total. The molecule has 11 aromatic rings. The summed E-state index contributed by atoms with van der Waals surface area (Å²) in [4.78, 5) is 0. The molecular formula is C64H46. The molecule has 0 aromatic heterocycles. The summed E-state index contributed by atoms with van der Waals surface area (Å²) in [6.07, 6.45) is 0. The van der Waals surface area contributed by atoms with Gasteiger partial charge in [-0.3, -0.25) is 0 Å². The third kappa shape index (κ3) is 5.42. The fourth-order valence-electron chi connectivity index (χ4n) is 11.6. The highest BCUT2D eigenvalue weighted by molar-refractivity contribution is 6.23. The summed E-state index contributed by atoms with van der Waals surface area (Å²) in [5, 5.41) is 10.2. The van der Waals surface area contributed by atoms with E-state index in [4.69, 9.17) is 0 Å². The maximum Gasteiger partial charge on any atom is 0.0159 e. The molecule has 0 unspecified atom stereocenters. The number of hydrogen-bond donors (Lipinski definition) is 0. The van der Waals surface area contributed by atoms with E-state index in [2.05, 4.69) is 234 Å². The van der Waals surface area contributed by atoms with Crippen LogP contribution in [0.4, 0.5) is 0 Å². The third-order valence-corrected chi connectivity index (χ3v) is 15.0. The lowest BCUT2D eigenvalue weighted by Crippen LogP contribution is -2.15. The third-order valence-electron chi connectivity index (χ3n) is 15.0. The molecule has 0 aliphatic heterocycles. The topological polar surface area (TPSA) is 0 Å². The van der Waals surface area contributed by atoms with Gasteiger partial charge in [-0.15, -0.1) is 0 Å². The maximum atomic E-state index is 2.46. The summed E-state index contributed by atoms with van der Waals surface area (Å²) in [7, 11) is 0. The minimum atomic E-state index is -0.128. The zero-order chi connectivity index (χ0) is 42.9. The molecule has 0 bridgehead atoms. The van der Waals surface area contributed by atoms with Crippen LogP contribution in [0.2, 0.25) is 0 Å². The van der Waals surface area contributed by atoms with E-state index in [1.807, 2.05) is 0 Å². The zero-order valence-electron chi connectivity index (χ0n) is 36.6. The van der Waals surface area contributed by atoms with Gasteiger partial charge in [0.25, 0.3) is 0 Å². The summed E-state index contributed by atoms with van der Waals surface area (Å²) in [6, 6.07) is 77.8. The molecule has 0 N–H and O–H groups in total. The predicted molar refractivity (Wildman–Crippen MR) is 273 cm³/mol. The van der Waals surface area contributed by atoms with Gasteiger partial charge < -0.3 is 0 Å². The summed E-state index contributed by atoms with van der Waals surface area (Å²) in [5.41, 5.74) is 20.9.